The molecule has 17 heavy (non-hydrogen) atoms. The van der Waals surface area contributed by atoms with Gasteiger partial charge in [-0.05, 0) is 25.1 Å². The fourth-order valence-electron chi connectivity index (χ4n) is 2.21. The number of nitrogens with one attached hydrogen (secondary N) is 1. The summed E-state index contributed by atoms with van der Waals surface area (Å²) in [5.41, 5.74) is 10.9. The molecular weight excluding hydrogens is 210 g/mol. The molecule has 0 aliphatic carbocycles. The Morgan fingerprint density at radius 3 is 2.76 bits per heavy atom. The zero-order valence-electron chi connectivity index (χ0n) is 9.57. The monoisotopic (exact) mass is 223 g/mol. The fraction of sp³-hybridized carbons (Fsp3) is 0.0714. The number of H-pyrrole nitrogens is 1. The maximum absolute atomic E-state index is 6.00. The molecule has 0 saturated heterocycles. The van der Waals surface area contributed by atoms with E-state index in [0.717, 1.165) is 27.9 Å². The number of fused-ring (bicyclic) bond motifs is 1. The number of hydrogen-bond acceptors (Lipinski definition) is 2. The van der Waals surface area contributed by atoms with Crippen molar-refractivity contribution >= 4 is 16.6 Å². The Morgan fingerprint density at radius 1 is 1.12 bits per heavy atom. The summed E-state index contributed by atoms with van der Waals surface area (Å²) in [6, 6.07) is 11.9. The molecule has 3 nitrogen and oxygen atoms in total. The van der Waals surface area contributed by atoms with Gasteiger partial charge in [-0.3, -0.25) is 4.98 Å². The van der Waals surface area contributed by atoms with Crippen molar-refractivity contribution in [3.63, 3.8) is 0 Å². The van der Waals surface area contributed by atoms with E-state index in [9.17, 15) is 0 Å². The van der Waals surface area contributed by atoms with Crippen LogP contribution in [0.2, 0.25) is 0 Å². The van der Waals surface area contributed by atoms with Crippen LogP contribution in [0.5, 0.6) is 0 Å². The van der Waals surface area contributed by atoms with E-state index in [1.165, 1.54) is 0 Å². The molecule has 0 bridgehead atoms. The molecular formula is C14H13N3. The minimum absolute atomic E-state index is 0.709. The number of benzene rings is 1. The number of hydrogen-bond donors (Lipinski definition) is 2. The number of para-hydroxylation sites is 1. The number of pyridine rings is 1. The third-order valence-electron chi connectivity index (χ3n) is 2.97. The van der Waals surface area contributed by atoms with Gasteiger partial charge < -0.3 is 10.7 Å². The van der Waals surface area contributed by atoms with E-state index in [4.69, 9.17) is 5.73 Å². The van der Waals surface area contributed by atoms with E-state index >= 15 is 0 Å². The van der Waals surface area contributed by atoms with Gasteiger partial charge in [0.05, 0.1) is 11.4 Å². The van der Waals surface area contributed by atoms with Crippen molar-refractivity contribution in [2.75, 3.05) is 5.73 Å². The first-order valence-corrected chi connectivity index (χ1v) is 5.55. The predicted octanol–water partition coefficient (Wildman–Crippen LogP) is 3.12. The summed E-state index contributed by atoms with van der Waals surface area (Å²) in [5.74, 6) is 0. The van der Waals surface area contributed by atoms with E-state index < -0.39 is 0 Å². The molecule has 0 radical (unpaired) electrons. The van der Waals surface area contributed by atoms with Crippen molar-refractivity contribution in [3.05, 3.63) is 48.3 Å². The van der Waals surface area contributed by atoms with E-state index in [1.54, 1.807) is 6.20 Å². The molecule has 0 unspecified atom stereocenters. The Labute approximate surface area is 99.3 Å². The molecule has 2 aromatic heterocycles. The smallest absolute Gasteiger partial charge is 0.0955 e. The lowest BCUT2D eigenvalue weighted by Gasteiger charge is -2.04. The summed E-state index contributed by atoms with van der Waals surface area (Å²) in [7, 11) is 0. The normalized spacial score (nSPS) is 10.9. The van der Waals surface area contributed by atoms with Gasteiger partial charge in [-0.15, -0.1) is 0 Å². The number of anilines is 1. The van der Waals surface area contributed by atoms with E-state index in [0.29, 0.717) is 5.69 Å². The second kappa shape index (κ2) is 3.63. The number of aryl methyl sites for hydroxylation is 1. The minimum atomic E-state index is 0.709. The maximum atomic E-state index is 6.00. The van der Waals surface area contributed by atoms with Gasteiger partial charge in [0.15, 0.2) is 0 Å². The standard InChI is InChI=1S/C14H13N3/c1-9-13(14-11(15)6-4-8-16-14)10-5-2-3-7-12(10)17-9/h2-8,17H,15H2,1H3. The van der Waals surface area contributed by atoms with Crippen LogP contribution in [0, 0.1) is 6.92 Å². The Hall–Kier alpha value is -2.29. The molecule has 3 rings (SSSR count). The second-order valence-corrected chi connectivity index (χ2v) is 4.11. The fourth-order valence-corrected chi connectivity index (χ4v) is 2.21. The molecule has 0 aliphatic heterocycles. The highest BCUT2D eigenvalue weighted by atomic mass is 14.8. The van der Waals surface area contributed by atoms with Gasteiger partial charge in [-0.2, -0.15) is 0 Å². The molecule has 0 aliphatic rings. The molecule has 0 saturated carbocycles. The minimum Gasteiger partial charge on any atom is -0.397 e. The van der Waals surface area contributed by atoms with E-state index in [1.807, 2.05) is 31.2 Å². The van der Waals surface area contributed by atoms with Crippen molar-refractivity contribution in [2.45, 2.75) is 6.92 Å². The first-order chi connectivity index (χ1) is 8.27. The zero-order chi connectivity index (χ0) is 11.8. The van der Waals surface area contributed by atoms with Crippen LogP contribution in [0.3, 0.4) is 0 Å². The van der Waals surface area contributed by atoms with E-state index in [2.05, 4.69) is 22.1 Å². The molecule has 0 atom stereocenters. The number of aromatic amines is 1. The summed E-state index contributed by atoms with van der Waals surface area (Å²) >= 11 is 0. The lowest BCUT2D eigenvalue weighted by atomic mass is 10.1. The van der Waals surface area contributed by atoms with Gasteiger partial charge in [0.25, 0.3) is 0 Å². The second-order valence-electron chi connectivity index (χ2n) is 4.11. The van der Waals surface area contributed by atoms with Crippen LogP contribution in [0.25, 0.3) is 22.2 Å². The van der Waals surface area contributed by atoms with Crippen LogP contribution in [0.15, 0.2) is 42.6 Å². The Kier molecular flexibility index (Phi) is 2.11. The number of rotatable bonds is 1. The lowest BCUT2D eigenvalue weighted by molar-refractivity contribution is 1.27. The third-order valence-corrected chi connectivity index (χ3v) is 2.97. The summed E-state index contributed by atoms with van der Waals surface area (Å²) < 4.78 is 0. The topological polar surface area (TPSA) is 54.7 Å². The molecule has 3 N–H and O–H groups in total. The van der Waals surface area contributed by atoms with Crippen LogP contribution in [-0.4, -0.2) is 9.97 Å². The summed E-state index contributed by atoms with van der Waals surface area (Å²) in [6.45, 7) is 2.05. The van der Waals surface area contributed by atoms with Crippen molar-refractivity contribution in [2.24, 2.45) is 0 Å². The highest BCUT2D eigenvalue weighted by Gasteiger charge is 2.13. The lowest BCUT2D eigenvalue weighted by Crippen LogP contribution is -1.93. The van der Waals surface area contributed by atoms with Crippen molar-refractivity contribution in [1.82, 2.24) is 9.97 Å². The quantitative estimate of drug-likeness (QED) is 0.666. The summed E-state index contributed by atoms with van der Waals surface area (Å²) in [4.78, 5) is 7.74. The number of nitrogens with zero attached hydrogens (tertiary/aromatic N) is 1. The molecule has 0 amide bonds. The van der Waals surface area contributed by atoms with Gasteiger partial charge in [-0.1, -0.05) is 18.2 Å². The Balaban J connectivity index is 2.38. The highest BCUT2D eigenvalue weighted by molar-refractivity contribution is 5.98. The average molecular weight is 223 g/mol. The van der Waals surface area contributed by atoms with Gasteiger partial charge in [0.1, 0.15) is 0 Å². The Morgan fingerprint density at radius 2 is 1.94 bits per heavy atom. The van der Waals surface area contributed by atoms with Crippen LogP contribution in [-0.2, 0) is 0 Å². The Bertz CT molecular complexity index is 683. The number of aromatic nitrogens is 2. The predicted molar refractivity (Wildman–Crippen MR) is 70.7 cm³/mol. The molecule has 3 aromatic rings. The summed E-state index contributed by atoms with van der Waals surface area (Å²) in [5, 5.41) is 1.16. The van der Waals surface area contributed by atoms with Crippen molar-refractivity contribution < 1.29 is 0 Å². The number of nitrogen functional groups attached to an aromatic ring is 1. The molecule has 0 fully saturated rings. The highest BCUT2D eigenvalue weighted by Crippen LogP contribution is 2.33. The molecule has 3 heteroatoms. The van der Waals surface area contributed by atoms with Crippen molar-refractivity contribution in [3.8, 4) is 11.3 Å². The first kappa shape index (κ1) is 9.90. The van der Waals surface area contributed by atoms with Crippen LogP contribution in [0.4, 0.5) is 5.69 Å². The number of nitrogens with two attached hydrogens (primary N) is 1. The first-order valence-electron chi connectivity index (χ1n) is 5.55. The van der Waals surface area contributed by atoms with E-state index in [-0.39, 0.29) is 0 Å². The maximum Gasteiger partial charge on any atom is 0.0955 e. The average Bonchev–Trinajstić information content (AvgIpc) is 2.66. The molecule has 84 valence electrons. The van der Waals surface area contributed by atoms with Gasteiger partial charge >= 0.3 is 0 Å². The zero-order valence-corrected chi connectivity index (χ0v) is 9.57. The molecule has 2 heterocycles. The summed E-state index contributed by atoms with van der Waals surface area (Å²) in [6.07, 6.45) is 1.77. The SMILES string of the molecule is Cc1[nH]c2ccccc2c1-c1ncccc1N. The molecule has 0 spiro atoms. The largest absolute Gasteiger partial charge is 0.397 e. The van der Waals surface area contributed by atoms with Crippen LogP contribution < -0.4 is 5.73 Å². The van der Waals surface area contributed by atoms with Crippen molar-refractivity contribution in [1.29, 1.82) is 0 Å². The van der Waals surface area contributed by atoms with Gasteiger partial charge in [-0.25, -0.2) is 0 Å². The van der Waals surface area contributed by atoms with Gasteiger partial charge in [0, 0.05) is 28.4 Å². The third kappa shape index (κ3) is 1.47. The van der Waals surface area contributed by atoms with Gasteiger partial charge in [0.2, 0.25) is 0 Å². The molecule has 1 aromatic carbocycles. The van der Waals surface area contributed by atoms with Crippen LogP contribution in [0.1, 0.15) is 5.69 Å². The van der Waals surface area contributed by atoms with Crippen LogP contribution >= 0.6 is 0 Å².